The van der Waals surface area contributed by atoms with Crippen LogP contribution in [0.15, 0.2) is 18.2 Å². The summed E-state index contributed by atoms with van der Waals surface area (Å²) in [6.07, 6.45) is 0. The Morgan fingerprint density at radius 3 is 2.67 bits per heavy atom. The highest BCUT2D eigenvalue weighted by molar-refractivity contribution is 5.71. The summed E-state index contributed by atoms with van der Waals surface area (Å²) in [7, 11) is 1.56. The van der Waals surface area contributed by atoms with E-state index in [0.29, 0.717) is 6.07 Å². The van der Waals surface area contributed by atoms with Gasteiger partial charge in [-0.3, -0.25) is 14.8 Å². The number of phenolic OH excluding ortho intramolecular Hbond substituents is 1. The number of aromatic hydroxyl groups is 1. The molecule has 0 unspecified atom stereocenters. The summed E-state index contributed by atoms with van der Waals surface area (Å²) >= 11 is 0. The van der Waals surface area contributed by atoms with Gasteiger partial charge in [0.25, 0.3) is 5.69 Å². The Kier molecular flexibility index (Phi) is 2.62. The Balaban J connectivity index is 2.66. The summed E-state index contributed by atoms with van der Waals surface area (Å²) in [6.45, 7) is 0. The average molecular weight is 252 g/mol. The molecule has 3 N–H and O–H groups in total. The van der Waals surface area contributed by atoms with Gasteiger partial charge in [0.2, 0.25) is 0 Å². The first kappa shape index (κ1) is 11.8. The predicted molar refractivity (Wildman–Crippen MR) is 61.3 cm³/mol. The van der Waals surface area contributed by atoms with Crippen LogP contribution in [0.5, 0.6) is 5.75 Å². The Labute approximate surface area is 100 Å². The van der Waals surface area contributed by atoms with E-state index in [2.05, 4.69) is 5.10 Å². The van der Waals surface area contributed by atoms with Gasteiger partial charge in [0.1, 0.15) is 5.82 Å². The summed E-state index contributed by atoms with van der Waals surface area (Å²) in [5.74, 6) is -1.49. The second-order valence-corrected chi connectivity index (χ2v) is 3.66. The van der Waals surface area contributed by atoms with Gasteiger partial charge in [-0.1, -0.05) is 0 Å². The number of phenols is 1. The number of aromatic nitrogens is 2. The molecule has 0 radical (unpaired) electrons. The summed E-state index contributed by atoms with van der Waals surface area (Å²) in [4.78, 5) is 9.88. The molecule has 2 rings (SSSR count). The maximum Gasteiger partial charge on any atom is 0.273 e. The number of nitro benzene ring substituents is 1. The van der Waals surface area contributed by atoms with Crippen LogP contribution < -0.4 is 5.73 Å². The van der Waals surface area contributed by atoms with E-state index in [1.165, 1.54) is 10.7 Å². The Morgan fingerprint density at radius 2 is 2.17 bits per heavy atom. The number of rotatable bonds is 2. The number of nitro groups is 1. The van der Waals surface area contributed by atoms with Gasteiger partial charge in [-0.15, -0.1) is 0 Å². The zero-order valence-corrected chi connectivity index (χ0v) is 9.29. The molecule has 1 aromatic heterocycles. The van der Waals surface area contributed by atoms with E-state index < -0.39 is 22.2 Å². The van der Waals surface area contributed by atoms with Crippen molar-refractivity contribution in [3.05, 3.63) is 34.1 Å². The minimum atomic E-state index is -1.08. The van der Waals surface area contributed by atoms with Crippen molar-refractivity contribution in [1.29, 1.82) is 0 Å². The fourth-order valence-electron chi connectivity index (χ4n) is 1.50. The van der Waals surface area contributed by atoms with Crippen molar-refractivity contribution < 1.29 is 14.4 Å². The third kappa shape index (κ3) is 1.83. The second-order valence-electron chi connectivity index (χ2n) is 3.66. The first-order valence-corrected chi connectivity index (χ1v) is 4.87. The molecule has 1 heterocycles. The minimum Gasteiger partial charge on any atom is -0.504 e. The number of halogens is 1. The van der Waals surface area contributed by atoms with Crippen molar-refractivity contribution in [3.63, 3.8) is 0 Å². The SMILES string of the molecule is Cn1nc(-c2cc([N+](=O)[O-])cc(F)c2O)cc1N. The zero-order chi connectivity index (χ0) is 13.4. The molecule has 0 fully saturated rings. The average Bonchev–Trinajstić information content (AvgIpc) is 2.62. The number of nitrogens with zero attached hydrogens (tertiary/aromatic N) is 3. The van der Waals surface area contributed by atoms with Crippen molar-refractivity contribution in [2.24, 2.45) is 7.05 Å². The molecule has 94 valence electrons. The second kappa shape index (κ2) is 3.99. The van der Waals surface area contributed by atoms with E-state index in [1.807, 2.05) is 0 Å². The molecule has 1 aromatic carbocycles. The number of hydrogen-bond donors (Lipinski definition) is 2. The van der Waals surface area contributed by atoms with Gasteiger partial charge in [0, 0.05) is 19.2 Å². The molecule has 0 spiro atoms. The van der Waals surface area contributed by atoms with E-state index in [1.54, 1.807) is 7.05 Å². The number of aryl methyl sites for hydroxylation is 1. The number of nitrogen functional groups attached to an aromatic ring is 1. The number of non-ortho nitro benzene ring substituents is 1. The number of nitrogens with two attached hydrogens (primary N) is 1. The van der Waals surface area contributed by atoms with Gasteiger partial charge in [0.15, 0.2) is 11.6 Å². The highest BCUT2D eigenvalue weighted by Gasteiger charge is 2.19. The highest BCUT2D eigenvalue weighted by atomic mass is 19.1. The molecule has 18 heavy (non-hydrogen) atoms. The third-order valence-electron chi connectivity index (χ3n) is 2.45. The largest absolute Gasteiger partial charge is 0.504 e. The molecule has 0 amide bonds. The lowest BCUT2D eigenvalue weighted by Gasteiger charge is -2.02. The Bertz CT molecular complexity index is 619. The van der Waals surface area contributed by atoms with Gasteiger partial charge in [-0.2, -0.15) is 5.10 Å². The van der Waals surface area contributed by atoms with E-state index >= 15 is 0 Å². The van der Waals surface area contributed by atoms with Crippen LogP contribution in [0.1, 0.15) is 0 Å². The van der Waals surface area contributed by atoms with Gasteiger partial charge in [-0.25, -0.2) is 4.39 Å². The first-order valence-electron chi connectivity index (χ1n) is 4.87. The monoisotopic (exact) mass is 252 g/mol. The van der Waals surface area contributed by atoms with Crippen molar-refractivity contribution >= 4 is 11.5 Å². The molecule has 0 aliphatic carbocycles. The maximum absolute atomic E-state index is 13.4. The lowest BCUT2D eigenvalue weighted by Crippen LogP contribution is -1.97. The minimum absolute atomic E-state index is 0.0750. The molecule has 0 saturated heterocycles. The quantitative estimate of drug-likeness (QED) is 0.620. The topological polar surface area (TPSA) is 107 Å². The van der Waals surface area contributed by atoms with E-state index in [9.17, 15) is 19.6 Å². The van der Waals surface area contributed by atoms with Gasteiger partial charge >= 0.3 is 0 Å². The molecule has 7 nitrogen and oxygen atoms in total. The summed E-state index contributed by atoms with van der Waals surface area (Å²) in [5.41, 5.74) is 5.17. The normalized spacial score (nSPS) is 10.6. The summed E-state index contributed by atoms with van der Waals surface area (Å²) in [6, 6.07) is 3.07. The van der Waals surface area contributed by atoms with Crippen LogP contribution in [0.2, 0.25) is 0 Å². The van der Waals surface area contributed by atoms with E-state index in [-0.39, 0.29) is 17.1 Å². The van der Waals surface area contributed by atoms with Gasteiger partial charge in [-0.05, 0) is 0 Å². The first-order chi connectivity index (χ1) is 8.40. The fourth-order valence-corrected chi connectivity index (χ4v) is 1.50. The Morgan fingerprint density at radius 1 is 1.50 bits per heavy atom. The van der Waals surface area contributed by atoms with Crippen molar-refractivity contribution in [2.75, 3.05) is 5.73 Å². The molecule has 0 aliphatic heterocycles. The van der Waals surface area contributed by atoms with Crippen LogP contribution >= 0.6 is 0 Å². The molecule has 2 aromatic rings. The molecular formula is C10H9FN4O3. The van der Waals surface area contributed by atoms with Crippen molar-refractivity contribution in [1.82, 2.24) is 9.78 Å². The van der Waals surface area contributed by atoms with Gasteiger partial charge < -0.3 is 10.8 Å². The van der Waals surface area contributed by atoms with Crippen molar-refractivity contribution in [2.45, 2.75) is 0 Å². The van der Waals surface area contributed by atoms with E-state index in [0.717, 1.165) is 6.07 Å². The van der Waals surface area contributed by atoms with Crippen LogP contribution in [0.25, 0.3) is 11.3 Å². The maximum atomic E-state index is 13.4. The highest BCUT2D eigenvalue weighted by Crippen LogP contribution is 2.34. The zero-order valence-electron chi connectivity index (χ0n) is 9.29. The molecule has 0 aliphatic rings. The van der Waals surface area contributed by atoms with Crippen LogP contribution in [0, 0.1) is 15.9 Å². The number of hydrogen-bond acceptors (Lipinski definition) is 5. The fraction of sp³-hybridized carbons (Fsp3) is 0.100. The standard InChI is InChI=1S/C10H9FN4O3/c1-14-9(12)4-8(13-14)6-2-5(15(17)18)3-7(11)10(6)16/h2-4,16H,12H2,1H3. The van der Waals surface area contributed by atoms with Gasteiger partial charge in [0.05, 0.1) is 22.2 Å². The van der Waals surface area contributed by atoms with Crippen LogP contribution in [0.4, 0.5) is 15.9 Å². The van der Waals surface area contributed by atoms with Crippen LogP contribution in [-0.2, 0) is 7.05 Å². The molecular weight excluding hydrogens is 243 g/mol. The third-order valence-corrected chi connectivity index (χ3v) is 2.45. The summed E-state index contributed by atoms with van der Waals surface area (Å²) in [5, 5.41) is 24.1. The number of benzene rings is 1. The molecule has 0 bridgehead atoms. The molecule has 0 saturated carbocycles. The number of anilines is 1. The Hall–Kier alpha value is -2.64. The molecule has 8 heteroatoms. The van der Waals surface area contributed by atoms with Crippen LogP contribution in [0.3, 0.4) is 0 Å². The van der Waals surface area contributed by atoms with Crippen LogP contribution in [-0.4, -0.2) is 19.8 Å². The molecule has 0 atom stereocenters. The van der Waals surface area contributed by atoms with Crippen molar-refractivity contribution in [3.8, 4) is 17.0 Å². The summed E-state index contributed by atoms with van der Waals surface area (Å²) < 4.78 is 14.7. The lowest BCUT2D eigenvalue weighted by molar-refractivity contribution is -0.385. The lowest BCUT2D eigenvalue weighted by atomic mass is 10.1. The van der Waals surface area contributed by atoms with E-state index in [4.69, 9.17) is 5.73 Å². The smallest absolute Gasteiger partial charge is 0.273 e. The predicted octanol–water partition coefficient (Wildman–Crippen LogP) is 1.42.